The maximum Gasteiger partial charge on any atom is 0.255 e. The molecule has 1 heterocycles. The Morgan fingerprint density at radius 2 is 2.14 bits per heavy atom. The molecule has 0 fully saturated rings. The summed E-state index contributed by atoms with van der Waals surface area (Å²) in [6.45, 7) is 4.66. The van der Waals surface area contributed by atoms with Crippen LogP contribution in [0.15, 0.2) is 42.7 Å². The molecule has 0 spiro atoms. The molecule has 0 bridgehead atoms. The predicted molar refractivity (Wildman–Crippen MR) is 82.5 cm³/mol. The Bertz CT molecular complexity index is 609. The number of aromatic nitrogens is 1. The minimum atomic E-state index is -0.147. The van der Waals surface area contributed by atoms with E-state index in [1.165, 1.54) is 0 Å². The maximum absolute atomic E-state index is 12.3. The summed E-state index contributed by atoms with van der Waals surface area (Å²) in [5.74, 6) is 0.849. The molecule has 0 radical (unpaired) electrons. The van der Waals surface area contributed by atoms with Crippen molar-refractivity contribution in [2.75, 3.05) is 7.11 Å². The van der Waals surface area contributed by atoms with Crippen LogP contribution < -0.4 is 10.1 Å². The van der Waals surface area contributed by atoms with E-state index in [1.807, 2.05) is 30.3 Å². The summed E-state index contributed by atoms with van der Waals surface area (Å²) >= 11 is 0. The smallest absolute Gasteiger partial charge is 0.255 e. The summed E-state index contributed by atoms with van der Waals surface area (Å²) in [4.78, 5) is 16.3. The quantitative estimate of drug-likeness (QED) is 0.917. The van der Waals surface area contributed by atoms with Crippen molar-refractivity contribution in [3.63, 3.8) is 0 Å². The summed E-state index contributed by atoms with van der Waals surface area (Å²) in [6, 6.07) is 9.47. The van der Waals surface area contributed by atoms with Gasteiger partial charge in [-0.05, 0) is 35.2 Å². The fraction of sp³-hybridized carbons (Fsp3) is 0.294. The van der Waals surface area contributed by atoms with Crippen LogP contribution in [0.25, 0.3) is 0 Å². The predicted octanol–water partition coefficient (Wildman–Crippen LogP) is 3.14. The monoisotopic (exact) mass is 284 g/mol. The average Bonchev–Trinajstić information content (AvgIpc) is 2.52. The van der Waals surface area contributed by atoms with Gasteiger partial charge in [0.2, 0.25) is 0 Å². The molecule has 1 N–H and O–H groups in total. The molecule has 2 rings (SSSR count). The van der Waals surface area contributed by atoms with Crippen molar-refractivity contribution in [1.29, 1.82) is 0 Å². The van der Waals surface area contributed by atoms with Crippen LogP contribution in [-0.4, -0.2) is 18.0 Å². The van der Waals surface area contributed by atoms with Gasteiger partial charge in [-0.25, -0.2) is 0 Å². The molecule has 0 saturated carbocycles. The van der Waals surface area contributed by atoms with Crippen LogP contribution >= 0.6 is 0 Å². The van der Waals surface area contributed by atoms with Crippen molar-refractivity contribution in [2.24, 2.45) is 0 Å². The third kappa shape index (κ3) is 3.81. The molecule has 0 unspecified atom stereocenters. The third-order valence-electron chi connectivity index (χ3n) is 3.31. The number of hydrogen-bond acceptors (Lipinski definition) is 3. The minimum absolute atomic E-state index is 0.147. The molecule has 1 aromatic heterocycles. The van der Waals surface area contributed by atoms with Crippen LogP contribution in [-0.2, 0) is 6.54 Å². The summed E-state index contributed by atoms with van der Waals surface area (Å²) in [6.07, 6.45) is 3.44. The maximum atomic E-state index is 12.3. The Labute approximate surface area is 125 Å². The first-order chi connectivity index (χ1) is 10.1. The second-order valence-electron chi connectivity index (χ2n) is 5.16. The standard InChI is InChI=1S/C17H20N2O2/c1-12(2)14-6-7-15(16(9-14)21-3)17(20)19-11-13-5-4-8-18-10-13/h4-10,12H,11H2,1-3H3,(H,19,20). The number of amides is 1. The molecule has 21 heavy (non-hydrogen) atoms. The van der Waals surface area contributed by atoms with Gasteiger partial charge in [0.1, 0.15) is 5.75 Å². The molecule has 4 heteroatoms. The highest BCUT2D eigenvalue weighted by Crippen LogP contribution is 2.24. The van der Waals surface area contributed by atoms with Gasteiger partial charge in [0.25, 0.3) is 5.91 Å². The Morgan fingerprint density at radius 1 is 1.33 bits per heavy atom. The van der Waals surface area contributed by atoms with Crippen LogP contribution in [0, 0.1) is 0 Å². The van der Waals surface area contributed by atoms with Gasteiger partial charge in [0.05, 0.1) is 12.7 Å². The fourth-order valence-electron chi connectivity index (χ4n) is 2.03. The Hall–Kier alpha value is -2.36. The lowest BCUT2D eigenvalue weighted by molar-refractivity contribution is 0.0948. The minimum Gasteiger partial charge on any atom is -0.496 e. The zero-order valence-corrected chi connectivity index (χ0v) is 12.6. The summed E-state index contributed by atoms with van der Waals surface area (Å²) < 4.78 is 5.34. The Morgan fingerprint density at radius 3 is 2.76 bits per heavy atom. The number of hydrogen-bond donors (Lipinski definition) is 1. The van der Waals surface area contributed by atoms with Gasteiger partial charge in [-0.1, -0.05) is 26.0 Å². The number of rotatable bonds is 5. The average molecular weight is 284 g/mol. The molecular weight excluding hydrogens is 264 g/mol. The van der Waals surface area contributed by atoms with E-state index in [0.717, 1.165) is 11.1 Å². The zero-order chi connectivity index (χ0) is 15.2. The second-order valence-corrected chi connectivity index (χ2v) is 5.16. The number of ether oxygens (including phenoxy) is 1. The molecule has 0 aliphatic carbocycles. The van der Waals surface area contributed by atoms with Gasteiger partial charge in [-0.3, -0.25) is 9.78 Å². The molecule has 0 aliphatic heterocycles. The normalized spacial score (nSPS) is 10.5. The van der Waals surface area contributed by atoms with E-state index in [9.17, 15) is 4.79 Å². The summed E-state index contributed by atoms with van der Waals surface area (Å²) in [5, 5.41) is 2.88. The SMILES string of the molecule is COc1cc(C(C)C)ccc1C(=O)NCc1cccnc1. The highest BCUT2D eigenvalue weighted by atomic mass is 16.5. The van der Waals surface area contributed by atoms with Crippen LogP contribution in [0.1, 0.15) is 41.3 Å². The fourth-order valence-corrected chi connectivity index (χ4v) is 2.03. The van der Waals surface area contributed by atoms with Crippen molar-refractivity contribution in [2.45, 2.75) is 26.3 Å². The lowest BCUT2D eigenvalue weighted by Gasteiger charge is -2.12. The van der Waals surface area contributed by atoms with E-state index in [1.54, 1.807) is 19.5 Å². The van der Waals surface area contributed by atoms with Crippen molar-refractivity contribution in [3.05, 3.63) is 59.4 Å². The van der Waals surface area contributed by atoms with Gasteiger partial charge >= 0.3 is 0 Å². The van der Waals surface area contributed by atoms with Crippen molar-refractivity contribution in [3.8, 4) is 5.75 Å². The summed E-state index contributed by atoms with van der Waals surface area (Å²) in [7, 11) is 1.58. The van der Waals surface area contributed by atoms with Crippen LogP contribution in [0.5, 0.6) is 5.75 Å². The highest BCUT2D eigenvalue weighted by molar-refractivity contribution is 5.97. The first kappa shape index (κ1) is 15.0. The Kier molecular flexibility index (Phi) is 4.93. The first-order valence-electron chi connectivity index (χ1n) is 6.97. The number of nitrogens with one attached hydrogen (secondary N) is 1. The van der Waals surface area contributed by atoms with Gasteiger partial charge in [0.15, 0.2) is 0 Å². The first-order valence-corrected chi connectivity index (χ1v) is 6.97. The van der Waals surface area contributed by atoms with Crippen LogP contribution in [0.4, 0.5) is 0 Å². The van der Waals surface area contributed by atoms with Crippen LogP contribution in [0.3, 0.4) is 0 Å². The molecule has 0 aliphatic rings. The van der Waals surface area contributed by atoms with Crippen molar-refractivity contribution >= 4 is 5.91 Å². The molecular formula is C17H20N2O2. The lowest BCUT2D eigenvalue weighted by Crippen LogP contribution is -2.23. The number of carbonyl (C=O) groups excluding carboxylic acids is 1. The molecule has 0 atom stereocenters. The van der Waals surface area contributed by atoms with Gasteiger partial charge in [0, 0.05) is 18.9 Å². The number of carbonyl (C=O) groups is 1. The molecule has 1 amide bonds. The zero-order valence-electron chi connectivity index (χ0n) is 12.6. The lowest BCUT2D eigenvalue weighted by atomic mass is 10.0. The highest BCUT2D eigenvalue weighted by Gasteiger charge is 2.13. The van der Waals surface area contributed by atoms with E-state index >= 15 is 0 Å². The molecule has 110 valence electrons. The van der Waals surface area contributed by atoms with Crippen LogP contribution in [0.2, 0.25) is 0 Å². The number of methoxy groups -OCH3 is 1. The van der Waals surface area contributed by atoms with Gasteiger partial charge in [-0.15, -0.1) is 0 Å². The van der Waals surface area contributed by atoms with E-state index in [4.69, 9.17) is 4.74 Å². The van der Waals surface area contributed by atoms with Crippen molar-refractivity contribution in [1.82, 2.24) is 10.3 Å². The Balaban J connectivity index is 2.11. The van der Waals surface area contributed by atoms with E-state index < -0.39 is 0 Å². The molecule has 4 nitrogen and oxygen atoms in total. The topological polar surface area (TPSA) is 51.2 Å². The van der Waals surface area contributed by atoms with E-state index in [-0.39, 0.29) is 5.91 Å². The van der Waals surface area contributed by atoms with E-state index in [0.29, 0.717) is 23.8 Å². The molecule has 2 aromatic rings. The second kappa shape index (κ2) is 6.88. The summed E-state index contributed by atoms with van der Waals surface area (Å²) in [5.41, 5.74) is 2.66. The molecule has 0 saturated heterocycles. The number of benzene rings is 1. The number of nitrogens with zero attached hydrogens (tertiary/aromatic N) is 1. The van der Waals surface area contributed by atoms with Gasteiger partial charge < -0.3 is 10.1 Å². The van der Waals surface area contributed by atoms with Crippen molar-refractivity contribution < 1.29 is 9.53 Å². The van der Waals surface area contributed by atoms with Gasteiger partial charge in [-0.2, -0.15) is 0 Å². The van der Waals surface area contributed by atoms with E-state index in [2.05, 4.69) is 24.1 Å². The number of pyridine rings is 1. The largest absolute Gasteiger partial charge is 0.496 e. The molecule has 1 aromatic carbocycles. The third-order valence-corrected chi connectivity index (χ3v) is 3.31.